The zero-order valence-electron chi connectivity index (χ0n) is 16.7. The van der Waals surface area contributed by atoms with E-state index in [9.17, 15) is 4.79 Å². The van der Waals surface area contributed by atoms with Gasteiger partial charge >= 0.3 is 0 Å². The second kappa shape index (κ2) is 10.7. The Kier molecular flexibility index (Phi) is 7.98. The Morgan fingerprint density at radius 1 is 1.10 bits per heavy atom. The number of halogens is 2. The molecule has 31 heavy (non-hydrogen) atoms. The Morgan fingerprint density at radius 3 is 2.74 bits per heavy atom. The molecule has 0 aliphatic heterocycles. The number of benzene rings is 2. The fourth-order valence-electron chi connectivity index (χ4n) is 3.25. The van der Waals surface area contributed by atoms with E-state index in [0.29, 0.717) is 37.3 Å². The van der Waals surface area contributed by atoms with Gasteiger partial charge in [0, 0.05) is 46.1 Å². The third-order valence-electron chi connectivity index (χ3n) is 4.84. The van der Waals surface area contributed by atoms with Crippen molar-refractivity contribution in [3.05, 3.63) is 87.6 Å². The van der Waals surface area contributed by atoms with Crippen molar-refractivity contribution in [2.24, 2.45) is 5.73 Å². The molecule has 5 nitrogen and oxygen atoms in total. The fourth-order valence-corrected chi connectivity index (χ4v) is 4.78. The van der Waals surface area contributed by atoms with Crippen molar-refractivity contribution < 1.29 is 4.79 Å². The molecular weight excluding hydrogens is 451 g/mol. The normalized spacial score (nSPS) is 10.6. The molecule has 160 valence electrons. The molecule has 0 unspecified atom stereocenters. The van der Waals surface area contributed by atoms with E-state index in [4.69, 9.17) is 17.3 Å². The number of nitrogens with zero attached hydrogens (tertiary/aromatic N) is 2. The number of aryl methyl sites for hydroxylation is 1. The Hall–Kier alpha value is -2.51. The van der Waals surface area contributed by atoms with Crippen LogP contribution in [0.4, 0.5) is 5.82 Å². The summed E-state index contributed by atoms with van der Waals surface area (Å²) in [5.41, 5.74) is 8.11. The maximum atomic E-state index is 12.8. The number of anilines is 1. The van der Waals surface area contributed by atoms with Crippen LogP contribution in [0.15, 0.2) is 60.9 Å². The molecule has 0 saturated carbocycles. The first kappa shape index (κ1) is 23.2. The van der Waals surface area contributed by atoms with E-state index in [0.717, 1.165) is 31.2 Å². The highest BCUT2D eigenvalue weighted by Gasteiger charge is 2.13. The third-order valence-corrected chi connectivity index (χ3v) is 6.61. The van der Waals surface area contributed by atoms with Crippen molar-refractivity contribution >= 4 is 57.0 Å². The van der Waals surface area contributed by atoms with E-state index in [1.165, 1.54) is 6.33 Å². The third kappa shape index (κ3) is 5.60. The Bertz CT molecular complexity index is 1200. The first-order valence-corrected chi connectivity index (χ1v) is 10.9. The second-order valence-corrected chi connectivity index (χ2v) is 8.43. The van der Waals surface area contributed by atoms with Gasteiger partial charge in [0.15, 0.2) is 5.78 Å². The van der Waals surface area contributed by atoms with Crippen molar-refractivity contribution in [2.45, 2.75) is 25.9 Å². The molecule has 3 N–H and O–H groups in total. The van der Waals surface area contributed by atoms with Gasteiger partial charge in [-0.25, -0.2) is 9.97 Å². The average molecular weight is 473 g/mol. The number of thiophene rings is 1. The fraction of sp³-hybridized carbons (Fsp3) is 0.174. The molecule has 2 aromatic carbocycles. The van der Waals surface area contributed by atoms with Crippen LogP contribution < -0.4 is 11.1 Å². The number of ketones is 1. The lowest BCUT2D eigenvalue weighted by Gasteiger charge is -2.08. The number of rotatable bonds is 8. The van der Waals surface area contributed by atoms with E-state index >= 15 is 0 Å². The quantitative estimate of drug-likeness (QED) is 0.323. The van der Waals surface area contributed by atoms with Crippen LogP contribution >= 0.6 is 35.3 Å². The number of Topliss-reactive ketones (excluding diaryl/α,β-unsaturated/α-hetero) is 1. The minimum absolute atomic E-state index is 0. The second-order valence-electron chi connectivity index (χ2n) is 6.91. The van der Waals surface area contributed by atoms with Crippen LogP contribution in [-0.4, -0.2) is 15.8 Å². The number of hydrogen-bond donors (Lipinski definition) is 2. The predicted octanol–water partition coefficient (Wildman–Crippen LogP) is 5.65. The zero-order valence-corrected chi connectivity index (χ0v) is 19.1. The Balaban J connectivity index is 0.00000272. The minimum atomic E-state index is 0. The lowest BCUT2D eigenvalue weighted by Crippen LogP contribution is -2.06. The lowest BCUT2D eigenvalue weighted by atomic mass is 10.0. The summed E-state index contributed by atoms with van der Waals surface area (Å²) < 4.78 is 1.15. The number of fused-ring (bicyclic) bond motifs is 1. The molecule has 0 bridgehead atoms. The van der Waals surface area contributed by atoms with Gasteiger partial charge in [0.1, 0.15) is 12.1 Å². The van der Waals surface area contributed by atoms with Crippen LogP contribution in [0.5, 0.6) is 0 Å². The average Bonchev–Trinajstić information content (AvgIpc) is 3.12. The maximum absolute atomic E-state index is 12.8. The molecule has 4 rings (SSSR count). The first-order valence-electron chi connectivity index (χ1n) is 9.67. The zero-order chi connectivity index (χ0) is 20.9. The van der Waals surface area contributed by atoms with Gasteiger partial charge in [-0.1, -0.05) is 48.0 Å². The molecule has 0 spiro atoms. The van der Waals surface area contributed by atoms with Gasteiger partial charge in [0.25, 0.3) is 0 Å². The standard InChI is InChI=1S/C23H21ClN4OS.ClH/c24-23-18-6-1-2-7-20(18)30-21(23)9-8-19(29)16-5-3-4-15(10-16)13-26-22-11-17(12-25)27-14-28-22;/h1-7,10-11,14H,8-9,12-13,25H2,(H,26,27,28);1H. The van der Waals surface area contributed by atoms with Gasteiger partial charge in [-0.3, -0.25) is 4.79 Å². The van der Waals surface area contributed by atoms with Crippen molar-refractivity contribution in [1.29, 1.82) is 0 Å². The van der Waals surface area contributed by atoms with Crippen LogP contribution in [-0.2, 0) is 19.5 Å². The molecular formula is C23H22Cl2N4OS. The summed E-state index contributed by atoms with van der Waals surface area (Å²) in [7, 11) is 0. The maximum Gasteiger partial charge on any atom is 0.163 e. The van der Waals surface area contributed by atoms with Gasteiger partial charge in [-0.2, -0.15) is 0 Å². The SMILES string of the molecule is Cl.NCc1cc(NCc2cccc(C(=O)CCc3sc4ccccc4c3Cl)c2)ncn1. The molecule has 8 heteroatoms. The topological polar surface area (TPSA) is 80.9 Å². The van der Waals surface area contributed by atoms with E-state index < -0.39 is 0 Å². The number of aromatic nitrogens is 2. The number of nitrogens with two attached hydrogens (primary N) is 1. The van der Waals surface area contributed by atoms with E-state index in [2.05, 4.69) is 21.4 Å². The summed E-state index contributed by atoms with van der Waals surface area (Å²) in [6.07, 6.45) is 2.56. The summed E-state index contributed by atoms with van der Waals surface area (Å²) in [6.45, 7) is 0.926. The Labute approximate surface area is 196 Å². The van der Waals surface area contributed by atoms with Gasteiger partial charge in [0.05, 0.1) is 10.7 Å². The van der Waals surface area contributed by atoms with Gasteiger partial charge < -0.3 is 11.1 Å². The summed E-state index contributed by atoms with van der Waals surface area (Å²) in [5, 5.41) is 5.07. The van der Waals surface area contributed by atoms with Crippen LogP contribution in [0, 0.1) is 0 Å². The molecule has 0 aliphatic carbocycles. The van der Waals surface area contributed by atoms with Crippen molar-refractivity contribution in [2.75, 3.05) is 5.32 Å². The summed E-state index contributed by atoms with van der Waals surface area (Å²) in [4.78, 5) is 22.1. The van der Waals surface area contributed by atoms with E-state index in [1.54, 1.807) is 11.3 Å². The molecule has 0 radical (unpaired) electrons. The molecule has 0 amide bonds. The van der Waals surface area contributed by atoms with Gasteiger partial charge in [0.2, 0.25) is 0 Å². The number of nitrogens with one attached hydrogen (secondary N) is 1. The number of carbonyl (C=O) groups is 1. The highest BCUT2D eigenvalue weighted by molar-refractivity contribution is 7.19. The van der Waals surface area contributed by atoms with Crippen LogP contribution in [0.3, 0.4) is 0 Å². The summed E-state index contributed by atoms with van der Waals surface area (Å²) in [6, 6.07) is 17.5. The van der Waals surface area contributed by atoms with E-state index in [-0.39, 0.29) is 18.2 Å². The van der Waals surface area contributed by atoms with Crippen molar-refractivity contribution in [3.8, 4) is 0 Å². The van der Waals surface area contributed by atoms with Crippen LogP contribution in [0.1, 0.15) is 32.9 Å². The molecule has 2 heterocycles. The Morgan fingerprint density at radius 2 is 1.94 bits per heavy atom. The van der Waals surface area contributed by atoms with E-state index in [1.807, 2.05) is 48.5 Å². The molecule has 0 aliphatic rings. The molecule has 4 aromatic rings. The van der Waals surface area contributed by atoms with Crippen molar-refractivity contribution in [3.63, 3.8) is 0 Å². The lowest BCUT2D eigenvalue weighted by molar-refractivity contribution is 0.0983. The molecule has 2 aromatic heterocycles. The highest BCUT2D eigenvalue weighted by atomic mass is 35.5. The number of hydrogen-bond acceptors (Lipinski definition) is 6. The van der Waals surface area contributed by atoms with Crippen molar-refractivity contribution in [1.82, 2.24) is 9.97 Å². The minimum Gasteiger partial charge on any atom is -0.366 e. The largest absolute Gasteiger partial charge is 0.366 e. The molecule has 0 fully saturated rings. The number of carbonyl (C=O) groups excluding carboxylic acids is 1. The van der Waals surface area contributed by atoms with Gasteiger partial charge in [-0.15, -0.1) is 23.7 Å². The van der Waals surface area contributed by atoms with Gasteiger partial charge in [-0.05, 0) is 24.1 Å². The monoisotopic (exact) mass is 472 g/mol. The summed E-state index contributed by atoms with van der Waals surface area (Å²) >= 11 is 8.16. The summed E-state index contributed by atoms with van der Waals surface area (Å²) in [5.74, 6) is 0.819. The van der Waals surface area contributed by atoms with Crippen LogP contribution in [0.25, 0.3) is 10.1 Å². The highest BCUT2D eigenvalue weighted by Crippen LogP contribution is 2.36. The van der Waals surface area contributed by atoms with Crippen LogP contribution in [0.2, 0.25) is 5.02 Å². The molecule has 0 atom stereocenters. The predicted molar refractivity (Wildman–Crippen MR) is 130 cm³/mol. The molecule has 0 saturated heterocycles. The first-order chi connectivity index (χ1) is 14.6. The smallest absolute Gasteiger partial charge is 0.163 e.